The van der Waals surface area contributed by atoms with Gasteiger partial charge in [0.05, 0.1) is 10.7 Å². The largest absolute Gasteiger partial charge is 0.443 e. The molecule has 3 N–H and O–H groups in total. The van der Waals surface area contributed by atoms with Crippen molar-refractivity contribution in [1.82, 2.24) is 4.98 Å². The molecule has 1 heterocycles. The number of benzene rings is 1. The molecule has 1 aliphatic rings. The topological polar surface area (TPSA) is 72.3 Å². The lowest BCUT2D eigenvalue weighted by atomic mass is 10.1. The first kappa shape index (κ1) is 13.5. The number of aliphatic hydroxyl groups is 1. The molecule has 1 atom stereocenters. The van der Waals surface area contributed by atoms with Crippen molar-refractivity contribution >= 4 is 15.7 Å². The van der Waals surface area contributed by atoms with Gasteiger partial charge in [-0.1, -0.05) is 41.0 Å². The van der Waals surface area contributed by atoms with Crippen LogP contribution >= 0.6 is 10.7 Å². The normalized spacial score (nSPS) is 18.6. The molecule has 0 bridgehead atoms. The highest BCUT2D eigenvalue weighted by Crippen LogP contribution is 2.52. The van der Waals surface area contributed by atoms with Crippen LogP contribution in [0.4, 0.5) is 0 Å². The van der Waals surface area contributed by atoms with Crippen LogP contribution in [0.1, 0.15) is 25.5 Å². The highest BCUT2D eigenvalue weighted by molar-refractivity contribution is 8.15. The lowest BCUT2D eigenvalue weighted by Gasteiger charge is -2.17. The van der Waals surface area contributed by atoms with Crippen LogP contribution in [0.25, 0.3) is 11.3 Å². The van der Waals surface area contributed by atoms with Crippen LogP contribution < -0.4 is 5.14 Å². The van der Waals surface area contributed by atoms with Crippen molar-refractivity contribution in [2.45, 2.75) is 30.9 Å². The lowest BCUT2D eigenvalue weighted by Crippen LogP contribution is -2.18. The number of nitrogens with zero attached hydrogens (tertiary/aromatic N) is 1. The Kier molecular flexibility index (Phi) is 3.50. The summed E-state index contributed by atoms with van der Waals surface area (Å²) in [6.45, 7) is 1.68. The standard InChI is InChI=1S/C15H18N2O2S/c1-11(18)20(16)15(7-8-15)9-13-14(19-10-17-13)12-5-3-2-4-6-12/h2-6,10,18H,7-9,16H2,1H3. The van der Waals surface area contributed by atoms with Gasteiger partial charge in [0, 0.05) is 16.7 Å². The first-order valence-electron chi connectivity index (χ1n) is 6.61. The van der Waals surface area contributed by atoms with Crippen molar-refractivity contribution in [3.63, 3.8) is 0 Å². The van der Waals surface area contributed by atoms with E-state index >= 15 is 0 Å². The molecule has 4 nitrogen and oxygen atoms in total. The molecule has 1 aromatic heterocycles. The predicted octanol–water partition coefficient (Wildman–Crippen LogP) is 3.27. The van der Waals surface area contributed by atoms with Gasteiger partial charge in [-0.05, 0) is 19.8 Å². The van der Waals surface area contributed by atoms with Gasteiger partial charge in [-0.15, -0.1) is 0 Å². The fraction of sp³-hybridized carbons (Fsp3) is 0.333. The Balaban J connectivity index is 1.91. The smallest absolute Gasteiger partial charge is 0.181 e. The maximum atomic E-state index is 9.67. The first-order valence-corrected chi connectivity index (χ1v) is 7.90. The Morgan fingerprint density at radius 1 is 1.40 bits per heavy atom. The molecular weight excluding hydrogens is 272 g/mol. The van der Waals surface area contributed by atoms with Gasteiger partial charge < -0.3 is 9.52 Å². The summed E-state index contributed by atoms with van der Waals surface area (Å²) < 4.78 is 5.52. The molecule has 1 unspecified atom stereocenters. The predicted molar refractivity (Wildman–Crippen MR) is 82.7 cm³/mol. The fourth-order valence-electron chi connectivity index (χ4n) is 2.45. The fourth-order valence-corrected chi connectivity index (χ4v) is 3.91. The number of nitrogens with two attached hydrogens (primary N) is 1. The summed E-state index contributed by atoms with van der Waals surface area (Å²) in [7, 11) is -0.580. The molecule has 1 fully saturated rings. The molecule has 5 heteroatoms. The highest BCUT2D eigenvalue weighted by Gasteiger charge is 2.46. The zero-order valence-electron chi connectivity index (χ0n) is 11.4. The number of oxazole rings is 1. The van der Waals surface area contributed by atoms with E-state index in [-0.39, 0.29) is 4.75 Å². The van der Waals surface area contributed by atoms with Crippen molar-refractivity contribution < 1.29 is 9.52 Å². The average Bonchev–Trinajstić information content (AvgIpc) is 3.09. The quantitative estimate of drug-likeness (QED) is 0.848. The monoisotopic (exact) mass is 290 g/mol. The van der Waals surface area contributed by atoms with Gasteiger partial charge in [0.25, 0.3) is 0 Å². The average molecular weight is 290 g/mol. The number of aliphatic hydroxyl groups excluding tert-OH is 1. The Morgan fingerprint density at radius 2 is 2.10 bits per heavy atom. The third-order valence-corrected chi connectivity index (χ3v) is 5.88. The number of rotatable bonds is 4. The molecule has 0 radical (unpaired) electrons. The third kappa shape index (κ3) is 2.44. The van der Waals surface area contributed by atoms with E-state index in [0.29, 0.717) is 5.05 Å². The molecule has 1 aliphatic carbocycles. The van der Waals surface area contributed by atoms with Crippen molar-refractivity contribution in [3.8, 4) is 11.3 Å². The van der Waals surface area contributed by atoms with Gasteiger partial charge >= 0.3 is 0 Å². The molecular formula is C15H18N2O2S. The van der Waals surface area contributed by atoms with Crippen molar-refractivity contribution in [3.05, 3.63) is 42.4 Å². The van der Waals surface area contributed by atoms with Gasteiger partial charge in [0.15, 0.2) is 12.2 Å². The second-order valence-electron chi connectivity index (χ2n) is 5.21. The van der Waals surface area contributed by atoms with Crippen LogP contribution in [0.5, 0.6) is 0 Å². The SMILES string of the molecule is C/C(O)=S(/N)C1(Cc2ncoc2-c2ccccc2)CC1. The van der Waals surface area contributed by atoms with Gasteiger partial charge in [0.1, 0.15) is 0 Å². The zero-order valence-corrected chi connectivity index (χ0v) is 12.2. The minimum absolute atomic E-state index is 0.0285. The molecule has 1 saturated carbocycles. The Morgan fingerprint density at radius 3 is 2.70 bits per heavy atom. The molecule has 106 valence electrons. The summed E-state index contributed by atoms with van der Waals surface area (Å²) in [4.78, 5) is 4.35. The van der Waals surface area contributed by atoms with Crippen LogP contribution in [0.3, 0.4) is 0 Å². The molecule has 1 aromatic carbocycles. The van der Waals surface area contributed by atoms with E-state index in [4.69, 9.17) is 9.56 Å². The molecule has 3 rings (SSSR count). The summed E-state index contributed by atoms with van der Waals surface area (Å²) >= 11 is 0. The molecule has 0 saturated heterocycles. The van der Waals surface area contributed by atoms with Crippen molar-refractivity contribution in [1.29, 1.82) is 0 Å². The zero-order chi connectivity index (χ0) is 14.2. The second-order valence-corrected chi connectivity index (χ2v) is 7.34. The third-order valence-electron chi connectivity index (χ3n) is 3.76. The molecule has 0 spiro atoms. The van der Waals surface area contributed by atoms with Gasteiger partial charge in [0.2, 0.25) is 0 Å². The Labute approximate surface area is 120 Å². The van der Waals surface area contributed by atoms with Crippen molar-refractivity contribution in [2.24, 2.45) is 5.14 Å². The molecule has 2 aromatic rings. The van der Waals surface area contributed by atoms with E-state index in [0.717, 1.165) is 36.3 Å². The van der Waals surface area contributed by atoms with E-state index in [1.807, 2.05) is 30.3 Å². The van der Waals surface area contributed by atoms with Gasteiger partial charge in [-0.25, -0.2) is 4.98 Å². The second kappa shape index (κ2) is 5.16. The van der Waals surface area contributed by atoms with Gasteiger partial charge in [-0.2, -0.15) is 0 Å². The maximum absolute atomic E-state index is 9.67. The Hall–Kier alpha value is -1.43. The van der Waals surface area contributed by atoms with Crippen molar-refractivity contribution in [2.75, 3.05) is 0 Å². The van der Waals surface area contributed by atoms with E-state index < -0.39 is 10.7 Å². The number of hydrogen-bond acceptors (Lipinski definition) is 3. The Bertz CT molecular complexity index is 641. The minimum Gasteiger partial charge on any atom is -0.443 e. The maximum Gasteiger partial charge on any atom is 0.181 e. The number of hydrogen-bond donors (Lipinski definition) is 2. The molecule has 20 heavy (non-hydrogen) atoms. The van der Waals surface area contributed by atoms with E-state index in [1.54, 1.807) is 6.92 Å². The summed E-state index contributed by atoms with van der Waals surface area (Å²) in [5.41, 5.74) is 1.95. The van der Waals surface area contributed by atoms with Gasteiger partial charge in [-0.3, -0.25) is 5.14 Å². The molecule has 0 aliphatic heterocycles. The van der Waals surface area contributed by atoms with Crippen LogP contribution in [0, 0.1) is 0 Å². The summed E-state index contributed by atoms with van der Waals surface area (Å²) in [5.74, 6) is 0.810. The molecule has 0 amide bonds. The van der Waals surface area contributed by atoms with Crippen LogP contribution in [0.15, 0.2) is 41.1 Å². The summed E-state index contributed by atoms with van der Waals surface area (Å²) in [6.07, 6.45) is 4.31. The number of aromatic nitrogens is 1. The van der Waals surface area contributed by atoms with Crippen LogP contribution in [-0.4, -0.2) is 19.9 Å². The van der Waals surface area contributed by atoms with E-state index in [2.05, 4.69) is 4.98 Å². The lowest BCUT2D eigenvalue weighted by molar-refractivity contribution is 0.563. The first-order chi connectivity index (χ1) is 9.62. The summed E-state index contributed by atoms with van der Waals surface area (Å²) in [6, 6.07) is 9.95. The van der Waals surface area contributed by atoms with E-state index in [9.17, 15) is 5.11 Å². The van der Waals surface area contributed by atoms with Crippen LogP contribution in [-0.2, 0) is 6.42 Å². The van der Waals surface area contributed by atoms with Crippen LogP contribution in [0.2, 0.25) is 0 Å². The minimum atomic E-state index is -0.580. The highest BCUT2D eigenvalue weighted by atomic mass is 32.2. The summed E-state index contributed by atoms with van der Waals surface area (Å²) in [5, 5.41) is 16.1. The van der Waals surface area contributed by atoms with E-state index in [1.165, 1.54) is 6.39 Å².